The van der Waals surface area contributed by atoms with Crippen LogP contribution in [0.15, 0.2) is 8.68 Å². The van der Waals surface area contributed by atoms with Gasteiger partial charge in [0.2, 0.25) is 0 Å². The van der Waals surface area contributed by atoms with Crippen molar-refractivity contribution < 1.29 is 4.74 Å². The molecule has 0 bridgehead atoms. The van der Waals surface area contributed by atoms with Crippen LogP contribution in [0.25, 0.3) is 0 Å². The van der Waals surface area contributed by atoms with E-state index >= 15 is 0 Å². The second-order valence-corrected chi connectivity index (χ2v) is 6.14. The largest absolute Gasteiger partial charge is 0.381 e. The highest BCUT2D eigenvalue weighted by atomic mass is 32.2. The van der Waals surface area contributed by atoms with Crippen LogP contribution < -0.4 is 0 Å². The van der Waals surface area contributed by atoms with E-state index in [0.29, 0.717) is 0 Å². The van der Waals surface area contributed by atoms with Crippen LogP contribution in [0, 0.1) is 0 Å². The molecule has 0 aliphatic carbocycles. The summed E-state index contributed by atoms with van der Waals surface area (Å²) >= 11 is 5.12. The molecule has 0 saturated heterocycles. The topological polar surface area (TPSA) is 35.0 Å². The van der Waals surface area contributed by atoms with Crippen molar-refractivity contribution >= 4 is 34.9 Å². The number of thioether (sulfide) groups is 2. The van der Waals surface area contributed by atoms with Crippen LogP contribution in [-0.2, 0) is 4.74 Å². The van der Waals surface area contributed by atoms with Crippen molar-refractivity contribution in [2.75, 3.05) is 24.7 Å². The molecule has 0 N–H and O–H groups in total. The number of rotatable bonds is 7. The molecular weight excluding hydrogens is 236 g/mol. The Morgan fingerprint density at radius 3 is 2.57 bits per heavy atom. The molecule has 3 nitrogen and oxygen atoms in total. The predicted molar refractivity (Wildman–Crippen MR) is 63.5 cm³/mol. The minimum atomic E-state index is 0.785. The third kappa shape index (κ3) is 4.63. The van der Waals surface area contributed by atoms with Crippen molar-refractivity contribution in [3.8, 4) is 0 Å². The van der Waals surface area contributed by atoms with Crippen molar-refractivity contribution in [1.29, 1.82) is 0 Å². The first kappa shape index (κ1) is 12.3. The Morgan fingerprint density at radius 2 is 1.93 bits per heavy atom. The second kappa shape index (κ2) is 7.50. The average molecular weight is 250 g/mol. The Morgan fingerprint density at radius 1 is 1.21 bits per heavy atom. The number of hydrogen-bond acceptors (Lipinski definition) is 6. The molecule has 0 spiro atoms. The van der Waals surface area contributed by atoms with Gasteiger partial charge in [-0.2, -0.15) is 0 Å². The van der Waals surface area contributed by atoms with E-state index in [1.165, 1.54) is 0 Å². The van der Waals surface area contributed by atoms with Gasteiger partial charge in [0, 0.05) is 12.4 Å². The van der Waals surface area contributed by atoms with E-state index in [1.807, 2.05) is 6.92 Å². The fourth-order valence-electron chi connectivity index (χ4n) is 0.770. The summed E-state index contributed by atoms with van der Waals surface area (Å²) < 4.78 is 7.34. The van der Waals surface area contributed by atoms with Gasteiger partial charge in [-0.3, -0.25) is 0 Å². The fourth-order valence-corrected chi connectivity index (χ4v) is 3.61. The highest BCUT2D eigenvalue weighted by molar-refractivity contribution is 8.03. The highest BCUT2D eigenvalue weighted by Crippen LogP contribution is 2.28. The Kier molecular flexibility index (Phi) is 6.59. The van der Waals surface area contributed by atoms with Crippen molar-refractivity contribution in [2.45, 2.75) is 22.5 Å². The Labute approximate surface area is 97.0 Å². The van der Waals surface area contributed by atoms with Crippen molar-refractivity contribution in [1.82, 2.24) is 10.2 Å². The first-order valence-electron chi connectivity index (χ1n) is 4.53. The first-order chi connectivity index (χ1) is 6.86. The summed E-state index contributed by atoms with van der Waals surface area (Å²) in [5.74, 6) is 2.01. The number of nitrogens with zero attached hydrogens (tertiary/aromatic N) is 2. The van der Waals surface area contributed by atoms with E-state index in [4.69, 9.17) is 4.74 Å². The quantitative estimate of drug-likeness (QED) is 0.549. The maximum Gasteiger partial charge on any atom is 0.175 e. The van der Waals surface area contributed by atoms with Crippen molar-refractivity contribution in [3.05, 3.63) is 0 Å². The summed E-state index contributed by atoms with van der Waals surface area (Å²) in [5.41, 5.74) is 0. The SMILES string of the molecule is CCOCCSc1nnc(SCC)s1. The molecule has 0 fully saturated rings. The third-order valence-corrected chi connectivity index (χ3v) is 4.35. The number of ether oxygens (including phenoxy) is 1. The zero-order valence-corrected chi connectivity index (χ0v) is 10.8. The van der Waals surface area contributed by atoms with Crippen molar-refractivity contribution in [2.24, 2.45) is 0 Å². The van der Waals surface area contributed by atoms with Gasteiger partial charge in [0.25, 0.3) is 0 Å². The van der Waals surface area contributed by atoms with E-state index in [2.05, 4.69) is 17.1 Å². The molecule has 14 heavy (non-hydrogen) atoms. The molecule has 1 aromatic heterocycles. The Bertz CT molecular complexity index is 254. The van der Waals surface area contributed by atoms with E-state index in [0.717, 1.165) is 33.4 Å². The molecule has 0 amide bonds. The molecule has 0 saturated carbocycles. The number of hydrogen-bond donors (Lipinski definition) is 0. The summed E-state index contributed by atoms with van der Waals surface area (Å²) in [5, 5.41) is 8.16. The van der Waals surface area contributed by atoms with Gasteiger partial charge in [0.05, 0.1) is 6.61 Å². The molecule has 0 atom stereocenters. The van der Waals surface area contributed by atoms with Gasteiger partial charge >= 0.3 is 0 Å². The summed E-state index contributed by atoms with van der Waals surface area (Å²) in [6.45, 7) is 5.70. The smallest absolute Gasteiger partial charge is 0.175 e. The average Bonchev–Trinajstić information content (AvgIpc) is 2.61. The van der Waals surface area contributed by atoms with Gasteiger partial charge in [0.1, 0.15) is 0 Å². The highest BCUT2D eigenvalue weighted by Gasteiger charge is 2.03. The molecule has 1 heterocycles. The lowest BCUT2D eigenvalue weighted by atomic mass is 10.8. The minimum Gasteiger partial charge on any atom is -0.381 e. The first-order valence-corrected chi connectivity index (χ1v) is 7.32. The van der Waals surface area contributed by atoms with Crippen LogP contribution in [0.4, 0.5) is 0 Å². The third-order valence-electron chi connectivity index (χ3n) is 1.31. The number of aromatic nitrogens is 2. The fraction of sp³-hybridized carbons (Fsp3) is 0.750. The van der Waals surface area contributed by atoms with Crippen LogP contribution in [0.1, 0.15) is 13.8 Å². The molecule has 0 aliphatic heterocycles. The molecule has 0 aromatic carbocycles. The van der Waals surface area contributed by atoms with Gasteiger partial charge in [-0.15, -0.1) is 10.2 Å². The molecular formula is C8H14N2OS3. The summed E-state index contributed by atoms with van der Waals surface area (Å²) in [7, 11) is 0. The molecule has 0 aliphatic rings. The Balaban J connectivity index is 2.22. The molecule has 80 valence electrons. The predicted octanol–water partition coefficient (Wildman–Crippen LogP) is 2.78. The van der Waals surface area contributed by atoms with Gasteiger partial charge in [0.15, 0.2) is 8.68 Å². The zero-order valence-electron chi connectivity index (χ0n) is 8.36. The summed E-state index contributed by atoms with van der Waals surface area (Å²) in [4.78, 5) is 0. The standard InChI is InChI=1S/C8H14N2OS3/c1-3-11-5-6-13-8-10-9-7(14-8)12-4-2/h3-6H2,1-2H3. The summed E-state index contributed by atoms with van der Waals surface area (Å²) in [6.07, 6.45) is 0. The maximum absolute atomic E-state index is 5.24. The molecule has 0 unspecified atom stereocenters. The van der Waals surface area contributed by atoms with Crippen LogP contribution in [0.3, 0.4) is 0 Å². The lowest BCUT2D eigenvalue weighted by molar-refractivity contribution is 0.164. The van der Waals surface area contributed by atoms with Gasteiger partial charge in [-0.25, -0.2) is 0 Å². The Hall–Kier alpha value is 0.220. The van der Waals surface area contributed by atoms with E-state index in [1.54, 1.807) is 34.9 Å². The van der Waals surface area contributed by atoms with Gasteiger partial charge in [-0.1, -0.05) is 41.8 Å². The molecule has 1 aromatic rings. The molecule has 6 heteroatoms. The van der Waals surface area contributed by atoms with E-state index in [-0.39, 0.29) is 0 Å². The monoisotopic (exact) mass is 250 g/mol. The zero-order chi connectivity index (χ0) is 10.2. The summed E-state index contributed by atoms with van der Waals surface area (Å²) in [6, 6.07) is 0. The van der Waals surface area contributed by atoms with Crippen LogP contribution in [0.5, 0.6) is 0 Å². The van der Waals surface area contributed by atoms with E-state index < -0.39 is 0 Å². The molecule has 1 rings (SSSR count). The second-order valence-electron chi connectivity index (χ2n) is 2.31. The lowest BCUT2D eigenvalue weighted by Crippen LogP contribution is -1.95. The van der Waals surface area contributed by atoms with Gasteiger partial charge in [-0.05, 0) is 12.7 Å². The van der Waals surface area contributed by atoms with Crippen LogP contribution in [-0.4, -0.2) is 34.9 Å². The van der Waals surface area contributed by atoms with Crippen LogP contribution in [0.2, 0.25) is 0 Å². The van der Waals surface area contributed by atoms with Gasteiger partial charge < -0.3 is 4.74 Å². The maximum atomic E-state index is 5.24. The minimum absolute atomic E-state index is 0.785. The molecule has 0 radical (unpaired) electrons. The lowest BCUT2D eigenvalue weighted by Gasteiger charge is -1.96. The van der Waals surface area contributed by atoms with Crippen LogP contribution >= 0.6 is 34.9 Å². The normalized spacial score (nSPS) is 10.7. The van der Waals surface area contributed by atoms with E-state index in [9.17, 15) is 0 Å². The van der Waals surface area contributed by atoms with Crippen molar-refractivity contribution in [3.63, 3.8) is 0 Å².